The third-order valence-electron chi connectivity index (χ3n) is 5.50. The summed E-state index contributed by atoms with van der Waals surface area (Å²) < 4.78 is 28.9. The average molecular weight is 451 g/mol. The molecule has 1 unspecified atom stereocenters. The average Bonchev–Trinajstić information content (AvgIpc) is 3.50. The molecular weight excluding hydrogens is 423 g/mol. The zero-order chi connectivity index (χ0) is 23.4. The van der Waals surface area contributed by atoms with Gasteiger partial charge in [0.1, 0.15) is 11.9 Å². The number of methoxy groups -OCH3 is 1. The van der Waals surface area contributed by atoms with Gasteiger partial charge in [-0.05, 0) is 37.6 Å². The number of rotatable bonds is 9. The molecule has 7 nitrogen and oxygen atoms in total. The van der Waals surface area contributed by atoms with Crippen LogP contribution in [0.4, 0.5) is 4.39 Å². The quantitative estimate of drug-likeness (QED) is 0.404. The molecule has 2 heterocycles. The molecule has 0 amide bonds. The third kappa shape index (κ3) is 4.97. The van der Waals surface area contributed by atoms with E-state index in [4.69, 9.17) is 9.47 Å². The summed E-state index contributed by atoms with van der Waals surface area (Å²) in [5, 5.41) is 19.9. The lowest BCUT2D eigenvalue weighted by Crippen LogP contribution is -2.12. The van der Waals surface area contributed by atoms with Crippen molar-refractivity contribution in [3.63, 3.8) is 0 Å². The lowest BCUT2D eigenvalue weighted by molar-refractivity contribution is 0.0522. The van der Waals surface area contributed by atoms with Crippen molar-refractivity contribution in [1.29, 1.82) is 0 Å². The summed E-state index contributed by atoms with van der Waals surface area (Å²) >= 11 is 0. The molecule has 0 spiro atoms. The number of aryl methyl sites for hydroxylation is 1. The molecule has 0 saturated carbocycles. The molecule has 4 aromatic rings. The highest BCUT2D eigenvalue weighted by molar-refractivity contribution is 5.45. The number of aromatic nitrogens is 4. The minimum atomic E-state index is -1.000. The van der Waals surface area contributed by atoms with E-state index in [0.717, 1.165) is 5.56 Å². The van der Waals surface area contributed by atoms with Gasteiger partial charge < -0.3 is 14.6 Å². The number of aliphatic hydroxyl groups excluding tert-OH is 1. The largest absolute Gasteiger partial charge is 0.480 e. The Morgan fingerprint density at radius 2 is 1.91 bits per heavy atom. The highest BCUT2D eigenvalue weighted by Crippen LogP contribution is 2.32. The third-order valence-corrected chi connectivity index (χ3v) is 5.50. The zero-order valence-electron chi connectivity index (χ0n) is 18.9. The Labute approximate surface area is 192 Å². The second-order valence-electron chi connectivity index (χ2n) is 7.70. The first kappa shape index (κ1) is 22.7. The Kier molecular flexibility index (Phi) is 6.86. The first-order valence-corrected chi connectivity index (χ1v) is 10.8. The van der Waals surface area contributed by atoms with E-state index in [9.17, 15) is 9.50 Å². The molecule has 2 atom stereocenters. The van der Waals surface area contributed by atoms with Gasteiger partial charge in [-0.2, -0.15) is 5.10 Å². The van der Waals surface area contributed by atoms with Crippen molar-refractivity contribution in [3.8, 4) is 11.6 Å². The normalized spacial score (nSPS) is 13.1. The molecule has 0 aliphatic heterocycles. The van der Waals surface area contributed by atoms with Gasteiger partial charge in [-0.1, -0.05) is 30.3 Å². The van der Waals surface area contributed by atoms with E-state index in [1.165, 1.54) is 19.2 Å². The van der Waals surface area contributed by atoms with Crippen LogP contribution in [0.1, 0.15) is 48.4 Å². The highest BCUT2D eigenvalue weighted by atomic mass is 19.1. The summed E-state index contributed by atoms with van der Waals surface area (Å²) in [6.07, 6.45) is 1.97. The molecule has 4 rings (SSSR count). The molecule has 33 heavy (non-hydrogen) atoms. The van der Waals surface area contributed by atoms with Crippen molar-refractivity contribution >= 4 is 0 Å². The Balaban J connectivity index is 1.70. The standard InChI is InChI=1S/C25H27FN4O3/c1-4-29-15-19(14-27-29)25(31)23-13-24(32-3)28-30(23)22-11-10-20(26)12-21(22)17(2)33-16-18-8-6-5-7-9-18/h5-15,17,25,31H,4,16H2,1-3H3/t17-,25?/m1/s1. The van der Waals surface area contributed by atoms with Gasteiger partial charge in [-0.3, -0.25) is 4.68 Å². The maximum atomic E-state index is 14.3. The van der Waals surface area contributed by atoms with Gasteiger partial charge in [0.05, 0.1) is 37.4 Å². The molecule has 8 heteroatoms. The van der Waals surface area contributed by atoms with Crippen molar-refractivity contribution in [2.24, 2.45) is 0 Å². The van der Waals surface area contributed by atoms with Crippen LogP contribution in [0.3, 0.4) is 0 Å². The first-order valence-electron chi connectivity index (χ1n) is 10.8. The lowest BCUT2D eigenvalue weighted by atomic mass is 10.1. The van der Waals surface area contributed by atoms with Crippen LogP contribution in [0.25, 0.3) is 5.69 Å². The van der Waals surface area contributed by atoms with E-state index >= 15 is 0 Å². The molecule has 0 bridgehead atoms. The number of hydrogen-bond donors (Lipinski definition) is 1. The number of halogens is 1. The van der Waals surface area contributed by atoms with Crippen LogP contribution in [0, 0.1) is 5.82 Å². The van der Waals surface area contributed by atoms with Crippen LogP contribution < -0.4 is 4.74 Å². The molecule has 0 fully saturated rings. The van der Waals surface area contributed by atoms with Crippen LogP contribution in [0.5, 0.6) is 5.88 Å². The highest BCUT2D eigenvalue weighted by Gasteiger charge is 2.24. The smallest absolute Gasteiger partial charge is 0.233 e. The minimum Gasteiger partial charge on any atom is -0.480 e. The molecule has 0 aliphatic carbocycles. The number of ether oxygens (including phenoxy) is 2. The summed E-state index contributed by atoms with van der Waals surface area (Å²) in [5.41, 5.74) is 3.32. The molecule has 0 aliphatic rings. The Hall–Kier alpha value is -3.49. The van der Waals surface area contributed by atoms with Gasteiger partial charge in [0, 0.05) is 29.9 Å². The van der Waals surface area contributed by atoms with Crippen molar-refractivity contribution in [1.82, 2.24) is 19.6 Å². The van der Waals surface area contributed by atoms with Crippen molar-refractivity contribution < 1.29 is 19.0 Å². The number of nitrogens with zero attached hydrogens (tertiary/aromatic N) is 4. The molecule has 2 aromatic carbocycles. The number of benzene rings is 2. The van der Waals surface area contributed by atoms with Crippen LogP contribution in [0.2, 0.25) is 0 Å². The van der Waals surface area contributed by atoms with E-state index in [-0.39, 0.29) is 5.82 Å². The Morgan fingerprint density at radius 1 is 1.12 bits per heavy atom. The molecule has 0 saturated heterocycles. The van der Waals surface area contributed by atoms with Gasteiger partial charge in [-0.15, -0.1) is 5.10 Å². The van der Waals surface area contributed by atoms with Crippen LogP contribution >= 0.6 is 0 Å². The predicted molar refractivity (Wildman–Crippen MR) is 122 cm³/mol. The van der Waals surface area contributed by atoms with Crippen LogP contribution in [-0.4, -0.2) is 31.8 Å². The van der Waals surface area contributed by atoms with Gasteiger partial charge in [-0.25, -0.2) is 9.07 Å². The number of hydrogen-bond acceptors (Lipinski definition) is 5. The molecular formula is C25H27FN4O3. The summed E-state index contributed by atoms with van der Waals surface area (Å²) in [6, 6.07) is 15.9. The minimum absolute atomic E-state index is 0.333. The fraction of sp³-hybridized carbons (Fsp3) is 0.280. The number of aliphatic hydroxyl groups is 1. The maximum absolute atomic E-state index is 14.3. The van der Waals surface area contributed by atoms with Crippen LogP contribution in [-0.2, 0) is 17.9 Å². The van der Waals surface area contributed by atoms with Gasteiger partial charge >= 0.3 is 0 Å². The monoisotopic (exact) mass is 450 g/mol. The fourth-order valence-corrected chi connectivity index (χ4v) is 3.65. The predicted octanol–water partition coefficient (Wildman–Crippen LogP) is 4.60. The van der Waals surface area contributed by atoms with E-state index in [2.05, 4.69) is 10.2 Å². The maximum Gasteiger partial charge on any atom is 0.233 e. The van der Waals surface area contributed by atoms with Crippen molar-refractivity contribution in [2.45, 2.75) is 39.2 Å². The summed E-state index contributed by atoms with van der Waals surface area (Å²) in [5.74, 6) is -0.0468. The summed E-state index contributed by atoms with van der Waals surface area (Å²) in [6.45, 7) is 4.90. The lowest BCUT2D eigenvalue weighted by Gasteiger charge is -2.20. The topological polar surface area (TPSA) is 74.3 Å². The summed E-state index contributed by atoms with van der Waals surface area (Å²) in [7, 11) is 1.51. The van der Waals surface area contributed by atoms with E-state index < -0.39 is 12.2 Å². The molecule has 0 radical (unpaired) electrons. The molecule has 1 N–H and O–H groups in total. The first-order chi connectivity index (χ1) is 16.0. The molecule has 172 valence electrons. The Morgan fingerprint density at radius 3 is 2.61 bits per heavy atom. The van der Waals surface area contributed by atoms with Gasteiger partial charge in [0.15, 0.2) is 0 Å². The SMILES string of the molecule is CCn1cc(C(O)c2cc(OC)nn2-c2ccc(F)cc2[C@@H](C)OCc2ccccc2)cn1. The summed E-state index contributed by atoms with van der Waals surface area (Å²) in [4.78, 5) is 0. The zero-order valence-corrected chi connectivity index (χ0v) is 18.9. The van der Waals surface area contributed by atoms with E-state index in [1.807, 2.05) is 44.2 Å². The second-order valence-corrected chi connectivity index (χ2v) is 7.70. The second kappa shape index (κ2) is 9.97. The van der Waals surface area contributed by atoms with E-state index in [1.54, 1.807) is 33.9 Å². The van der Waals surface area contributed by atoms with E-state index in [0.29, 0.717) is 41.5 Å². The van der Waals surface area contributed by atoms with Crippen molar-refractivity contribution in [2.75, 3.05) is 7.11 Å². The Bertz CT molecular complexity index is 1210. The fourth-order valence-electron chi connectivity index (χ4n) is 3.65. The molecule has 2 aromatic heterocycles. The van der Waals surface area contributed by atoms with Gasteiger partial charge in [0.2, 0.25) is 5.88 Å². The van der Waals surface area contributed by atoms with Crippen LogP contribution in [0.15, 0.2) is 67.0 Å². The van der Waals surface area contributed by atoms with Gasteiger partial charge in [0.25, 0.3) is 0 Å². The van der Waals surface area contributed by atoms with Crippen molar-refractivity contribution in [3.05, 3.63) is 95.2 Å².